The Bertz CT molecular complexity index is 1850. The molecule has 178 valence electrons. The SMILES string of the molecule is Cc1ccccc1-n1c(Cn2nc(-c3cccc(O)c3)c3c(N)ncnc32)nn2ccc(C)c2c1=O. The molecule has 0 atom stereocenters. The smallest absolute Gasteiger partial charge is 0.282 e. The van der Waals surface area contributed by atoms with E-state index in [1.54, 1.807) is 38.2 Å². The van der Waals surface area contributed by atoms with Crippen LogP contribution >= 0.6 is 0 Å². The highest BCUT2D eigenvalue weighted by Gasteiger charge is 2.21. The number of nitrogens with zero attached hydrogens (tertiary/aromatic N) is 7. The number of anilines is 1. The number of fused-ring (bicyclic) bond motifs is 2. The van der Waals surface area contributed by atoms with Crippen LogP contribution in [0.2, 0.25) is 0 Å². The third-order valence-electron chi connectivity index (χ3n) is 6.28. The zero-order chi connectivity index (χ0) is 25.0. The number of para-hydroxylation sites is 1. The molecule has 10 nitrogen and oxygen atoms in total. The molecular formula is C26H22N8O2. The third-order valence-corrected chi connectivity index (χ3v) is 6.28. The average molecular weight is 479 g/mol. The van der Waals surface area contributed by atoms with Gasteiger partial charge in [-0.05, 0) is 49.2 Å². The monoisotopic (exact) mass is 478 g/mol. The van der Waals surface area contributed by atoms with Gasteiger partial charge in [0.1, 0.15) is 35.7 Å². The van der Waals surface area contributed by atoms with Crippen LogP contribution in [0.25, 0.3) is 33.5 Å². The van der Waals surface area contributed by atoms with Gasteiger partial charge in [0.25, 0.3) is 5.56 Å². The average Bonchev–Trinajstić information content (AvgIpc) is 3.42. The molecule has 4 heterocycles. The van der Waals surface area contributed by atoms with E-state index in [-0.39, 0.29) is 23.7 Å². The number of phenolic OH excluding ortho intramolecular Hbond substituents is 1. The number of benzene rings is 2. The van der Waals surface area contributed by atoms with Crippen LogP contribution in [0.1, 0.15) is 17.0 Å². The first-order valence-corrected chi connectivity index (χ1v) is 11.3. The lowest BCUT2D eigenvalue weighted by Gasteiger charge is -2.15. The summed E-state index contributed by atoms with van der Waals surface area (Å²) in [5, 5.41) is 20.2. The molecule has 10 heteroatoms. The lowest BCUT2D eigenvalue weighted by Crippen LogP contribution is -2.28. The van der Waals surface area contributed by atoms with Crippen molar-refractivity contribution in [2.75, 3.05) is 5.73 Å². The molecule has 0 aliphatic heterocycles. The zero-order valence-corrected chi connectivity index (χ0v) is 19.6. The Kier molecular flexibility index (Phi) is 4.82. The minimum atomic E-state index is -0.171. The molecule has 36 heavy (non-hydrogen) atoms. The number of rotatable bonds is 4. The van der Waals surface area contributed by atoms with Crippen molar-refractivity contribution in [2.24, 2.45) is 0 Å². The van der Waals surface area contributed by atoms with Gasteiger partial charge in [0.2, 0.25) is 0 Å². The van der Waals surface area contributed by atoms with Crippen LogP contribution in [-0.2, 0) is 6.54 Å². The summed E-state index contributed by atoms with van der Waals surface area (Å²) in [4.78, 5) is 22.3. The van der Waals surface area contributed by atoms with E-state index in [9.17, 15) is 9.90 Å². The minimum Gasteiger partial charge on any atom is -0.508 e. The molecule has 6 rings (SSSR count). The van der Waals surface area contributed by atoms with E-state index in [0.717, 1.165) is 16.8 Å². The summed E-state index contributed by atoms with van der Waals surface area (Å²) in [6.45, 7) is 3.99. The van der Waals surface area contributed by atoms with Crippen molar-refractivity contribution in [3.05, 3.63) is 94.4 Å². The predicted octanol–water partition coefficient (Wildman–Crippen LogP) is 3.24. The molecule has 0 saturated heterocycles. The molecule has 3 N–H and O–H groups in total. The van der Waals surface area contributed by atoms with E-state index in [0.29, 0.717) is 33.6 Å². The third kappa shape index (κ3) is 3.30. The predicted molar refractivity (Wildman–Crippen MR) is 136 cm³/mol. The number of aromatic hydroxyl groups is 1. The van der Waals surface area contributed by atoms with Gasteiger partial charge >= 0.3 is 0 Å². The van der Waals surface area contributed by atoms with Crippen molar-refractivity contribution in [1.82, 2.24) is 33.9 Å². The summed E-state index contributed by atoms with van der Waals surface area (Å²) >= 11 is 0. The van der Waals surface area contributed by atoms with Gasteiger partial charge in [-0.1, -0.05) is 30.3 Å². The van der Waals surface area contributed by atoms with E-state index in [2.05, 4.69) is 9.97 Å². The normalized spacial score (nSPS) is 11.5. The van der Waals surface area contributed by atoms with Crippen LogP contribution in [0.5, 0.6) is 5.75 Å². The van der Waals surface area contributed by atoms with Gasteiger partial charge in [0, 0.05) is 11.8 Å². The van der Waals surface area contributed by atoms with E-state index in [1.807, 2.05) is 50.2 Å². The number of hydrogen-bond acceptors (Lipinski definition) is 7. The number of hydrogen-bond donors (Lipinski definition) is 2. The molecular weight excluding hydrogens is 456 g/mol. The quantitative estimate of drug-likeness (QED) is 0.398. The summed E-state index contributed by atoms with van der Waals surface area (Å²) in [5.41, 5.74) is 10.8. The summed E-state index contributed by atoms with van der Waals surface area (Å²) < 4.78 is 4.89. The standard InChI is InChI=1S/C26H22N8O2/c1-15-6-3-4-9-19(15)34-20(30-32-11-10-16(2)23(32)26(34)36)13-33-25-21(24(27)28-14-29-25)22(31-33)17-7-5-8-18(35)12-17/h3-12,14,35H,13H2,1-2H3,(H2,27,28,29). The largest absolute Gasteiger partial charge is 0.508 e. The van der Waals surface area contributed by atoms with Crippen molar-refractivity contribution in [3.8, 4) is 22.7 Å². The van der Waals surface area contributed by atoms with E-state index in [1.165, 1.54) is 6.33 Å². The molecule has 0 spiro atoms. The summed E-state index contributed by atoms with van der Waals surface area (Å²) in [7, 11) is 0. The van der Waals surface area contributed by atoms with Gasteiger partial charge in [0.05, 0.1) is 11.1 Å². The Hall–Kier alpha value is -4.99. The van der Waals surface area contributed by atoms with Crippen LogP contribution in [0.15, 0.2) is 71.9 Å². The fourth-order valence-corrected chi connectivity index (χ4v) is 4.55. The Labute approximate surface area is 204 Å². The lowest BCUT2D eigenvalue weighted by atomic mass is 10.1. The maximum absolute atomic E-state index is 13.8. The Morgan fingerprint density at radius 3 is 2.61 bits per heavy atom. The molecule has 0 aliphatic rings. The van der Waals surface area contributed by atoms with Crippen molar-refractivity contribution < 1.29 is 5.11 Å². The lowest BCUT2D eigenvalue weighted by molar-refractivity contribution is 0.475. The topological polar surface area (TPSA) is 129 Å². The Balaban J connectivity index is 1.61. The highest BCUT2D eigenvalue weighted by molar-refractivity contribution is 5.98. The molecule has 2 aromatic carbocycles. The summed E-state index contributed by atoms with van der Waals surface area (Å²) in [6.07, 6.45) is 3.15. The molecule has 4 aromatic heterocycles. The number of nitrogen functional groups attached to an aromatic ring is 1. The number of aryl methyl sites for hydroxylation is 2. The summed E-state index contributed by atoms with van der Waals surface area (Å²) in [5.74, 6) is 0.848. The van der Waals surface area contributed by atoms with Crippen LogP contribution in [0.3, 0.4) is 0 Å². The second-order valence-corrected chi connectivity index (χ2v) is 8.65. The van der Waals surface area contributed by atoms with Crippen LogP contribution in [0, 0.1) is 13.8 Å². The number of phenols is 1. The number of aromatic nitrogens is 7. The zero-order valence-electron chi connectivity index (χ0n) is 19.6. The second kappa shape index (κ2) is 8.05. The maximum atomic E-state index is 13.8. The number of nitrogens with two attached hydrogens (primary N) is 1. The van der Waals surface area contributed by atoms with Crippen LogP contribution in [0.4, 0.5) is 5.82 Å². The van der Waals surface area contributed by atoms with Gasteiger partial charge in [-0.25, -0.2) is 19.2 Å². The van der Waals surface area contributed by atoms with Gasteiger partial charge in [-0.15, -0.1) is 0 Å². The molecule has 0 fully saturated rings. The van der Waals surface area contributed by atoms with Crippen molar-refractivity contribution in [3.63, 3.8) is 0 Å². The van der Waals surface area contributed by atoms with Gasteiger partial charge in [-0.3, -0.25) is 9.36 Å². The highest BCUT2D eigenvalue weighted by atomic mass is 16.3. The van der Waals surface area contributed by atoms with Gasteiger partial charge in [0.15, 0.2) is 11.5 Å². The highest BCUT2D eigenvalue weighted by Crippen LogP contribution is 2.32. The van der Waals surface area contributed by atoms with Crippen LogP contribution < -0.4 is 11.3 Å². The van der Waals surface area contributed by atoms with Crippen LogP contribution in [-0.4, -0.2) is 39.0 Å². The fraction of sp³-hybridized carbons (Fsp3) is 0.115. The molecule has 0 aliphatic carbocycles. The molecule has 6 aromatic rings. The van der Waals surface area contributed by atoms with E-state index >= 15 is 0 Å². The first-order valence-electron chi connectivity index (χ1n) is 11.3. The molecule has 0 saturated carbocycles. The Morgan fingerprint density at radius 2 is 1.81 bits per heavy atom. The first-order chi connectivity index (χ1) is 17.4. The van der Waals surface area contributed by atoms with Gasteiger partial charge in [-0.2, -0.15) is 10.2 Å². The fourth-order valence-electron chi connectivity index (χ4n) is 4.55. The van der Waals surface area contributed by atoms with Gasteiger partial charge < -0.3 is 10.8 Å². The van der Waals surface area contributed by atoms with Crippen molar-refractivity contribution in [1.29, 1.82) is 0 Å². The summed E-state index contributed by atoms with van der Waals surface area (Å²) in [6, 6.07) is 16.3. The second-order valence-electron chi connectivity index (χ2n) is 8.65. The molecule has 0 radical (unpaired) electrons. The maximum Gasteiger partial charge on any atom is 0.282 e. The Morgan fingerprint density at radius 1 is 0.972 bits per heavy atom. The van der Waals surface area contributed by atoms with Crippen molar-refractivity contribution >= 4 is 22.4 Å². The molecule has 0 amide bonds. The first kappa shape index (κ1) is 21.5. The van der Waals surface area contributed by atoms with E-state index in [4.69, 9.17) is 15.9 Å². The molecule has 0 bridgehead atoms. The molecule has 0 unspecified atom stereocenters. The van der Waals surface area contributed by atoms with Crippen molar-refractivity contribution in [2.45, 2.75) is 20.4 Å². The minimum absolute atomic E-state index is 0.106. The van der Waals surface area contributed by atoms with E-state index < -0.39 is 0 Å².